The lowest BCUT2D eigenvalue weighted by Gasteiger charge is -2.22. The van der Waals surface area contributed by atoms with Crippen molar-refractivity contribution in [3.63, 3.8) is 0 Å². The number of benzene rings is 2. The quantitative estimate of drug-likeness (QED) is 0.805. The Labute approximate surface area is 183 Å². The summed E-state index contributed by atoms with van der Waals surface area (Å²) in [6, 6.07) is 10.6. The molecule has 31 heavy (non-hydrogen) atoms. The summed E-state index contributed by atoms with van der Waals surface area (Å²) in [5.74, 6) is 2.74. The molecule has 0 aromatic heterocycles. The molecular formula is C25H30N2O4. The van der Waals surface area contributed by atoms with Crippen molar-refractivity contribution in [1.82, 2.24) is 4.90 Å². The summed E-state index contributed by atoms with van der Waals surface area (Å²) in [7, 11) is 0. The summed E-state index contributed by atoms with van der Waals surface area (Å²) in [6.45, 7) is 8.46. The summed E-state index contributed by atoms with van der Waals surface area (Å²) in [5.41, 5.74) is 4.32. The standard InChI is InChI=1S/C25H30N2O4/c1-15(2)30-24-9-16(3)8-23-21(24)13-27-12-20(10-18(27)14-29-23)31-19-6-4-17-5-7-25(28)26-22(17)11-19/h4,6,8-9,11,15,18,20H,5,7,10,12-14H2,1-3H3,(H,26,28)/t18-,20+/m1/s1. The zero-order valence-electron chi connectivity index (χ0n) is 18.4. The van der Waals surface area contributed by atoms with E-state index in [1.165, 1.54) is 5.56 Å². The van der Waals surface area contributed by atoms with Gasteiger partial charge in [-0.05, 0) is 56.5 Å². The molecule has 5 rings (SSSR count). The van der Waals surface area contributed by atoms with Gasteiger partial charge >= 0.3 is 0 Å². The molecule has 2 aromatic rings. The fourth-order valence-corrected chi connectivity index (χ4v) is 4.79. The van der Waals surface area contributed by atoms with E-state index >= 15 is 0 Å². The Kier molecular flexibility index (Phi) is 5.26. The number of aryl methyl sites for hydroxylation is 2. The highest BCUT2D eigenvalue weighted by atomic mass is 16.5. The summed E-state index contributed by atoms with van der Waals surface area (Å²) >= 11 is 0. The van der Waals surface area contributed by atoms with Crippen LogP contribution in [0.5, 0.6) is 17.2 Å². The van der Waals surface area contributed by atoms with Crippen LogP contribution in [0.3, 0.4) is 0 Å². The first-order chi connectivity index (χ1) is 14.9. The Morgan fingerprint density at radius 1 is 1.19 bits per heavy atom. The Morgan fingerprint density at radius 2 is 2.06 bits per heavy atom. The first-order valence-corrected chi connectivity index (χ1v) is 11.2. The van der Waals surface area contributed by atoms with Crippen molar-refractivity contribution in [3.05, 3.63) is 47.0 Å². The van der Waals surface area contributed by atoms with Gasteiger partial charge in [-0.25, -0.2) is 0 Å². The van der Waals surface area contributed by atoms with E-state index < -0.39 is 0 Å². The predicted octanol–water partition coefficient (Wildman–Crippen LogP) is 4.08. The Balaban J connectivity index is 1.31. The van der Waals surface area contributed by atoms with Crippen molar-refractivity contribution in [2.24, 2.45) is 0 Å². The number of amides is 1. The lowest BCUT2D eigenvalue weighted by molar-refractivity contribution is -0.116. The fourth-order valence-electron chi connectivity index (χ4n) is 4.79. The van der Waals surface area contributed by atoms with E-state index in [0.29, 0.717) is 19.1 Å². The zero-order valence-corrected chi connectivity index (χ0v) is 18.4. The lowest BCUT2D eigenvalue weighted by atomic mass is 10.0. The molecular weight excluding hydrogens is 392 g/mol. The second kappa shape index (κ2) is 8.08. The third kappa shape index (κ3) is 4.22. The van der Waals surface area contributed by atoms with Gasteiger partial charge in [0.25, 0.3) is 0 Å². The number of carbonyl (C=O) groups is 1. The molecule has 3 aliphatic rings. The van der Waals surface area contributed by atoms with Gasteiger partial charge in [0.2, 0.25) is 5.91 Å². The Hall–Kier alpha value is -2.73. The Bertz CT molecular complexity index is 1000. The minimum Gasteiger partial charge on any atom is -0.491 e. The van der Waals surface area contributed by atoms with Gasteiger partial charge in [0.1, 0.15) is 30.0 Å². The molecule has 0 unspecified atom stereocenters. The highest BCUT2D eigenvalue weighted by molar-refractivity contribution is 5.94. The van der Waals surface area contributed by atoms with Crippen LogP contribution in [-0.4, -0.2) is 42.2 Å². The summed E-state index contributed by atoms with van der Waals surface area (Å²) < 4.78 is 18.7. The van der Waals surface area contributed by atoms with Crippen LogP contribution >= 0.6 is 0 Å². The number of anilines is 1. The minimum absolute atomic E-state index is 0.0735. The van der Waals surface area contributed by atoms with Gasteiger partial charge in [-0.15, -0.1) is 0 Å². The molecule has 3 heterocycles. The highest BCUT2D eigenvalue weighted by Gasteiger charge is 2.37. The average molecular weight is 423 g/mol. The first kappa shape index (κ1) is 20.2. The second-order valence-electron chi connectivity index (χ2n) is 9.14. The molecule has 2 atom stereocenters. The smallest absolute Gasteiger partial charge is 0.224 e. The van der Waals surface area contributed by atoms with Gasteiger partial charge in [0.05, 0.1) is 11.7 Å². The largest absolute Gasteiger partial charge is 0.491 e. The maximum absolute atomic E-state index is 11.7. The molecule has 1 fully saturated rings. The second-order valence-corrected chi connectivity index (χ2v) is 9.14. The van der Waals surface area contributed by atoms with Crippen LogP contribution in [0.25, 0.3) is 0 Å². The molecule has 0 radical (unpaired) electrons. The van der Waals surface area contributed by atoms with Crippen LogP contribution in [0.4, 0.5) is 5.69 Å². The molecule has 164 valence electrons. The van der Waals surface area contributed by atoms with Crippen molar-refractivity contribution in [2.45, 2.75) is 64.8 Å². The van der Waals surface area contributed by atoms with E-state index in [9.17, 15) is 4.79 Å². The fraction of sp³-hybridized carbons (Fsp3) is 0.480. The maximum atomic E-state index is 11.7. The molecule has 0 bridgehead atoms. The average Bonchev–Trinajstić information content (AvgIpc) is 3.00. The Morgan fingerprint density at radius 3 is 2.90 bits per heavy atom. The summed E-state index contributed by atoms with van der Waals surface area (Å²) in [4.78, 5) is 14.2. The molecule has 6 nitrogen and oxygen atoms in total. The van der Waals surface area contributed by atoms with E-state index in [-0.39, 0.29) is 18.1 Å². The number of fused-ring (bicyclic) bond motifs is 3. The van der Waals surface area contributed by atoms with Crippen molar-refractivity contribution in [1.29, 1.82) is 0 Å². The monoisotopic (exact) mass is 422 g/mol. The molecule has 6 heteroatoms. The molecule has 3 aliphatic heterocycles. The summed E-state index contributed by atoms with van der Waals surface area (Å²) in [5, 5.41) is 2.96. The van der Waals surface area contributed by atoms with E-state index in [2.05, 4.69) is 49.2 Å². The molecule has 0 saturated carbocycles. The zero-order chi connectivity index (χ0) is 21.5. The summed E-state index contributed by atoms with van der Waals surface area (Å²) in [6.07, 6.45) is 2.46. The molecule has 2 aromatic carbocycles. The van der Waals surface area contributed by atoms with Gasteiger partial charge in [-0.2, -0.15) is 0 Å². The van der Waals surface area contributed by atoms with Gasteiger partial charge in [-0.1, -0.05) is 6.07 Å². The molecule has 0 spiro atoms. The number of hydrogen-bond acceptors (Lipinski definition) is 5. The van der Waals surface area contributed by atoms with Crippen LogP contribution in [-0.2, 0) is 17.8 Å². The maximum Gasteiger partial charge on any atom is 0.224 e. The number of ether oxygens (including phenoxy) is 3. The van der Waals surface area contributed by atoms with E-state index in [1.54, 1.807) is 0 Å². The van der Waals surface area contributed by atoms with Crippen molar-refractivity contribution in [3.8, 4) is 17.2 Å². The van der Waals surface area contributed by atoms with Crippen LogP contribution in [0.15, 0.2) is 30.3 Å². The number of carbonyl (C=O) groups excluding carboxylic acids is 1. The minimum atomic E-state index is 0.0735. The van der Waals surface area contributed by atoms with Crippen LogP contribution in [0, 0.1) is 6.92 Å². The first-order valence-electron chi connectivity index (χ1n) is 11.2. The molecule has 1 N–H and O–H groups in total. The van der Waals surface area contributed by atoms with Crippen LogP contribution < -0.4 is 19.5 Å². The van der Waals surface area contributed by atoms with Gasteiger partial charge in [0, 0.05) is 43.7 Å². The van der Waals surface area contributed by atoms with Crippen LogP contribution in [0.1, 0.15) is 43.4 Å². The third-order valence-corrected chi connectivity index (χ3v) is 6.24. The third-order valence-electron chi connectivity index (χ3n) is 6.24. The van der Waals surface area contributed by atoms with Crippen molar-refractivity contribution in [2.75, 3.05) is 18.5 Å². The van der Waals surface area contributed by atoms with Gasteiger partial charge in [-0.3, -0.25) is 9.69 Å². The molecule has 1 saturated heterocycles. The molecule has 0 aliphatic carbocycles. The number of hydrogen-bond donors (Lipinski definition) is 1. The number of nitrogens with one attached hydrogen (secondary N) is 1. The normalized spacial score (nSPS) is 22.6. The number of nitrogens with zero attached hydrogens (tertiary/aromatic N) is 1. The van der Waals surface area contributed by atoms with Crippen LogP contribution in [0.2, 0.25) is 0 Å². The van der Waals surface area contributed by atoms with E-state index in [1.807, 2.05) is 12.1 Å². The van der Waals surface area contributed by atoms with E-state index in [0.717, 1.165) is 60.0 Å². The predicted molar refractivity (Wildman–Crippen MR) is 119 cm³/mol. The number of rotatable bonds is 4. The SMILES string of the molecule is Cc1cc2c(c(OC(C)C)c1)CN1C[C@@H](Oc3ccc4c(c3)NC(=O)CC4)C[C@@H]1CO2. The van der Waals surface area contributed by atoms with Gasteiger partial charge in [0.15, 0.2) is 0 Å². The lowest BCUT2D eigenvalue weighted by Crippen LogP contribution is -2.31. The van der Waals surface area contributed by atoms with Gasteiger partial charge < -0.3 is 19.5 Å². The topological polar surface area (TPSA) is 60.0 Å². The highest BCUT2D eigenvalue weighted by Crippen LogP contribution is 2.38. The van der Waals surface area contributed by atoms with E-state index in [4.69, 9.17) is 14.2 Å². The molecule has 1 amide bonds. The van der Waals surface area contributed by atoms with Crippen molar-refractivity contribution >= 4 is 11.6 Å². The van der Waals surface area contributed by atoms with Crippen molar-refractivity contribution < 1.29 is 19.0 Å².